The Morgan fingerprint density at radius 3 is 2.75 bits per heavy atom. The Kier molecular flexibility index (Phi) is 3.49. The van der Waals surface area contributed by atoms with Crippen LogP contribution in [0.3, 0.4) is 0 Å². The van der Waals surface area contributed by atoms with E-state index in [9.17, 15) is 4.79 Å². The fraction of sp³-hybridized carbons (Fsp3) is 0.333. The molecule has 1 aromatic heterocycles. The Bertz CT molecular complexity index is 607. The van der Waals surface area contributed by atoms with Crippen LogP contribution in [0.2, 0.25) is 5.02 Å². The summed E-state index contributed by atoms with van der Waals surface area (Å²) in [5.74, 6) is -0.0163. The van der Waals surface area contributed by atoms with Crippen molar-refractivity contribution in [2.24, 2.45) is 0 Å². The molecule has 1 aliphatic rings. The molecule has 3 rings (SSSR count). The van der Waals surface area contributed by atoms with Crippen LogP contribution in [0.4, 0.5) is 0 Å². The van der Waals surface area contributed by atoms with Crippen molar-refractivity contribution in [3.8, 4) is 0 Å². The van der Waals surface area contributed by atoms with E-state index in [1.165, 1.54) is 0 Å². The number of H-pyrrole nitrogens is 1. The van der Waals surface area contributed by atoms with Gasteiger partial charge in [-0.2, -0.15) is 5.10 Å². The number of hydrogen-bond acceptors (Lipinski definition) is 2. The van der Waals surface area contributed by atoms with Crippen LogP contribution in [0.15, 0.2) is 36.5 Å². The first-order valence-electron chi connectivity index (χ1n) is 6.75. The average Bonchev–Trinajstić information content (AvgIpc) is 3.12. The summed E-state index contributed by atoms with van der Waals surface area (Å²) in [6.45, 7) is 2.02. The van der Waals surface area contributed by atoms with Crippen LogP contribution in [-0.4, -0.2) is 27.0 Å². The summed E-state index contributed by atoms with van der Waals surface area (Å²) in [7, 11) is 0. The van der Waals surface area contributed by atoms with Crippen molar-refractivity contribution >= 4 is 17.5 Å². The number of nitrogens with zero attached hydrogens (tertiary/aromatic N) is 2. The lowest BCUT2D eigenvalue weighted by atomic mass is 10.1. The van der Waals surface area contributed by atoms with Crippen LogP contribution in [0.5, 0.6) is 0 Å². The summed E-state index contributed by atoms with van der Waals surface area (Å²) in [6, 6.07) is 9.64. The predicted octanol–water partition coefficient (Wildman–Crippen LogP) is 3.43. The molecule has 0 saturated heterocycles. The van der Waals surface area contributed by atoms with E-state index in [0.717, 1.165) is 18.4 Å². The molecule has 1 aliphatic carbocycles. The van der Waals surface area contributed by atoms with Crippen LogP contribution in [0.1, 0.15) is 41.9 Å². The molecule has 5 heteroatoms. The maximum atomic E-state index is 12.6. The molecule has 0 radical (unpaired) electrons. The number of hydrogen-bond donors (Lipinski definition) is 1. The molecule has 0 spiro atoms. The Labute approximate surface area is 122 Å². The molecule has 0 bridgehead atoms. The van der Waals surface area contributed by atoms with E-state index in [1.54, 1.807) is 12.3 Å². The van der Waals surface area contributed by atoms with Gasteiger partial charge in [0.1, 0.15) is 5.69 Å². The molecule has 1 heterocycles. The van der Waals surface area contributed by atoms with Crippen LogP contribution in [0, 0.1) is 0 Å². The van der Waals surface area contributed by atoms with Crippen molar-refractivity contribution in [3.05, 3.63) is 52.8 Å². The zero-order valence-corrected chi connectivity index (χ0v) is 12.0. The first kappa shape index (κ1) is 13.2. The first-order valence-corrected chi connectivity index (χ1v) is 7.12. The molecule has 1 aromatic carbocycles. The minimum Gasteiger partial charge on any atom is -0.328 e. The van der Waals surface area contributed by atoms with Gasteiger partial charge in [0.15, 0.2) is 0 Å². The van der Waals surface area contributed by atoms with Crippen LogP contribution >= 0.6 is 11.6 Å². The van der Waals surface area contributed by atoms with Gasteiger partial charge in [0.05, 0.1) is 6.04 Å². The fourth-order valence-corrected chi connectivity index (χ4v) is 2.78. The van der Waals surface area contributed by atoms with Gasteiger partial charge in [-0.05, 0) is 37.5 Å². The summed E-state index contributed by atoms with van der Waals surface area (Å²) < 4.78 is 0. The molecule has 0 aliphatic heterocycles. The Balaban J connectivity index is 1.91. The molecule has 1 atom stereocenters. The number of halogens is 1. The van der Waals surface area contributed by atoms with Crippen LogP contribution in [0.25, 0.3) is 0 Å². The maximum absolute atomic E-state index is 12.6. The topological polar surface area (TPSA) is 49.0 Å². The number of amides is 1. The van der Waals surface area contributed by atoms with E-state index in [-0.39, 0.29) is 11.9 Å². The van der Waals surface area contributed by atoms with Crippen molar-refractivity contribution in [1.82, 2.24) is 15.1 Å². The lowest BCUT2D eigenvalue weighted by Crippen LogP contribution is -2.36. The van der Waals surface area contributed by atoms with E-state index in [4.69, 9.17) is 11.6 Å². The van der Waals surface area contributed by atoms with Gasteiger partial charge in [-0.1, -0.05) is 29.8 Å². The SMILES string of the molecule is C[C@H](c1ccccc1Cl)N(C(=O)c1ccn[nH]1)C1CC1. The Morgan fingerprint density at radius 2 is 2.15 bits per heavy atom. The summed E-state index contributed by atoms with van der Waals surface area (Å²) in [5.41, 5.74) is 1.50. The standard InChI is InChI=1S/C15H16ClN3O/c1-10(12-4-2-3-5-13(12)16)19(11-6-7-11)15(20)14-8-9-17-18-14/h2-5,8-11H,6-7H2,1H3,(H,17,18)/t10-/m1/s1. The largest absolute Gasteiger partial charge is 0.328 e. The highest BCUT2D eigenvalue weighted by molar-refractivity contribution is 6.31. The van der Waals surface area contributed by atoms with Crippen molar-refractivity contribution in [2.45, 2.75) is 31.8 Å². The van der Waals surface area contributed by atoms with Crippen molar-refractivity contribution < 1.29 is 4.79 Å². The fourth-order valence-electron chi connectivity index (χ4n) is 2.49. The molecule has 20 heavy (non-hydrogen) atoms. The molecule has 4 nitrogen and oxygen atoms in total. The minimum atomic E-state index is -0.0491. The van der Waals surface area contributed by atoms with Crippen molar-refractivity contribution in [2.75, 3.05) is 0 Å². The lowest BCUT2D eigenvalue weighted by molar-refractivity contribution is 0.0668. The van der Waals surface area contributed by atoms with Gasteiger partial charge in [-0.25, -0.2) is 0 Å². The van der Waals surface area contributed by atoms with Crippen LogP contribution in [-0.2, 0) is 0 Å². The first-order chi connectivity index (χ1) is 9.68. The maximum Gasteiger partial charge on any atom is 0.272 e. The molecule has 1 saturated carbocycles. The number of aromatic amines is 1. The molecule has 2 aromatic rings. The van der Waals surface area contributed by atoms with E-state index < -0.39 is 0 Å². The van der Waals surface area contributed by atoms with Gasteiger partial charge in [0.25, 0.3) is 5.91 Å². The summed E-state index contributed by atoms with van der Waals surface area (Å²) in [6.07, 6.45) is 3.70. The van der Waals surface area contributed by atoms with Gasteiger partial charge in [-0.3, -0.25) is 9.89 Å². The predicted molar refractivity (Wildman–Crippen MR) is 77.6 cm³/mol. The summed E-state index contributed by atoms with van der Waals surface area (Å²) in [4.78, 5) is 14.5. The third kappa shape index (κ3) is 2.43. The average molecular weight is 290 g/mol. The summed E-state index contributed by atoms with van der Waals surface area (Å²) >= 11 is 6.26. The second-order valence-corrected chi connectivity index (χ2v) is 5.52. The number of aromatic nitrogens is 2. The molecule has 1 fully saturated rings. The van der Waals surface area contributed by atoms with E-state index in [1.807, 2.05) is 36.1 Å². The smallest absolute Gasteiger partial charge is 0.272 e. The van der Waals surface area contributed by atoms with Crippen LogP contribution < -0.4 is 0 Å². The number of benzene rings is 1. The molecule has 104 valence electrons. The van der Waals surface area contributed by atoms with Gasteiger partial charge in [0.2, 0.25) is 0 Å². The number of rotatable bonds is 4. The molecule has 1 N–H and O–H groups in total. The quantitative estimate of drug-likeness (QED) is 0.937. The van der Waals surface area contributed by atoms with E-state index >= 15 is 0 Å². The van der Waals surface area contributed by atoms with Crippen molar-refractivity contribution in [3.63, 3.8) is 0 Å². The Hall–Kier alpha value is -1.81. The second kappa shape index (κ2) is 5.29. The third-order valence-electron chi connectivity index (χ3n) is 3.68. The number of carbonyl (C=O) groups is 1. The molecular formula is C15H16ClN3O. The van der Waals surface area contributed by atoms with Gasteiger partial charge in [-0.15, -0.1) is 0 Å². The minimum absolute atomic E-state index is 0.0163. The highest BCUT2D eigenvalue weighted by atomic mass is 35.5. The monoisotopic (exact) mass is 289 g/mol. The lowest BCUT2D eigenvalue weighted by Gasteiger charge is -2.29. The Morgan fingerprint density at radius 1 is 1.40 bits per heavy atom. The highest BCUT2D eigenvalue weighted by Gasteiger charge is 2.37. The highest BCUT2D eigenvalue weighted by Crippen LogP contribution is 2.37. The van der Waals surface area contributed by atoms with Gasteiger partial charge < -0.3 is 4.90 Å². The third-order valence-corrected chi connectivity index (χ3v) is 4.02. The number of nitrogens with one attached hydrogen (secondary N) is 1. The normalized spacial score (nSPS) is 15.9. The van der Waals surface area contributed by atoms with Crippen molar-refractivity contribution in [1.29, 1.82) is 0 Å². The zero-order chi connectivity index (χ0) is 14.1. The second-order valence-electron chi connectivity index (χ2n) is 5.11. The number of carbonyl (C=O) groups excluding carboxylic acids is 1. The molecule has 1 amide bonds. The van der Waals surface area contributed by atoms with Gasteiger partial charge >= 0.3 is 0 Å². The molecular weight excluding hydrogens is 274 g/mol. The zero-order valence-electron chi connectivity index (χ0n) is 11.2. The van der Waals surface area contributed by atoms with E-state index in [0.29, 0.717) is 16.8 Å². The molecule has 0 unspecified atom stereocenters. The summed E-state index contributed by atoms with van der Waals surface area (Å²) in [5, 5.41) is 7.30. The van der Waals surface area contributed by atoms with Gasteiger partial charge in [0, 0.05) is 17.3 Å². The van der Waals surface area contributed by atoms with E-state index in [2.05, 4.69) is 10.2 Å².